The summed E-state index contributed by atoms with van der Waals surface area (Å²) in [6, 6.07) is 0. The zero-order chi connectivity index (χ0) is 14.4. The van der Waals surface area contributed by atoms with E-state index in [-0.39, 0.29) is 18.4 Å². The number of amides is 2. The highest BCUT2D eigenvalue weighted by Gasteiger charge is 2.26. The van der Waals surface area contributed by atoms with E-state index in [0.29, 0.717) is 0 Å². The van der Waals surface area contributed by atoms with Gasteiger partial charge in [0.1, 0.15) is 0 Å². The molecule has 6 nitrogen and oxygen atoms in total. The summed E-state index contributed by atoms with van der Waals surface area (Å²) in [6.07, 6.45) is 3.15. The summed E-state index contributed by atoms with van der Waals surface area (Å²) < 4.78 is 0. The third kappa shape index (κ3) is 4.54. The summed E-state index contributed by atoms with van der Waals surface area (Å²) in [5, 5.41) is 11.3. The van der Waals surface area contributed by atoms with Gasteiger partial charge in [-0.05, 0) is 19.3 Å². The number of carboxylic acids is 1. The first-order valence-electron chi connectivity index (χ1n) is 6.71. The highest BCUT2D eigenvalue weighted by Crippen LogP contribution is 2.11. The number of nitrogens with one attached hydrogen (secondary N) is 1. The standard InChI is InChI=1S/C13H22N2O4/c1-9(10(2)13(18)19)12(17)14-8-11(16)15-6-4-3-5-7-15/h9-10H,3-8H2,1-2H3,(H,14,17)(H,18,19). The molecule has 1 heterocycles. The Labute approximate surface area is 113 Å². The number of hydrogen-bond acceptors (Lipinski definition) is 3. The fourth-order valence-corrected chi connectivity index (χ4v) is 2.02. The molecule has 6 heteroatoms. The number of rotatable bonds is 5. The number of carbonyl (C=O) groups excluding carboxylic acids is 2. The van der Waals surface area contributed by atoms with Crippen LogP contribution in [-0.2, 0) is 14.4 Å². The monoisotopic (exact) mass is 270 g/mol. The first kappa shape index (κ1) is 15.5. The zero-order valence-electron chi connectivity index (χ0n) is 11.5. The lowest BCUT2D eigenvalue weighted by Gasteiger charge is -2.27. The van der Waals surface area contributed by atoms with Crippen LogP contribution in [0.2, 0.25) is 0 Å². The van der Waals surface area contributed by atoms with Crippen molar-refractivity contribution in [2.45, 2.75) is 33.1 Å². The predicted molar refractivity (Wildman–Crippen MR) is 69.4 cm³/mol. The molecule has 2 amide bonds. The Balaban J connectivity index is 2.36. The molecule has 1 fully saturated rings. The first-order valence-corrected chi connectivity index (χ1v) is 6.71. The quantitative estimate of drug-likeness (QED) is 0.760. The van der Waals surface area contributed by atoms with Gasteiger partial charge in [-0.2, -0.15) is 0 Å². The fourth-order valence-electron chi connectivity index (χ4n) is 2.02. The average Bonchev–Trinajstić information content (AvgIpc) is 2.43. The van der Waals surface area contributed by atoms with E-state index >= 15 is 0 Å². The van der Waals surface area contributed by atoms with Gasteiger partial charge >= 0.3 is 5.97 Å². The maximum absolute atomic E-state index is 11.8. The van der Waals surface area contributed by atoms with Gasteiger partial charge < -0.3 is 15.3 Å². The van der Waals surface area contributed by atoms with Gasteiger partial charge in [0.05, 0.1) is 12.5 Å². The first-order chi connectivity index (χ1) is 8.93. The van der Waals surface area contributed by atoms with Crippen LogP contribution >= 0.6 is 0 Å². The number of nitrogens with zero attached hydrogens (tertiary/aromatic N) is 1. The van der Waals surface area contributed by atoms with Gasteiger partial charge in [-0.25, -0.2) is 0 Å². The van der Waals surface area contributed by atoms with Gasteiger partial charge in [0.25, 0.3) is 0 Å². The summed E-state index contributed by atoms with van der Waals surface area (Å²) in [6.45, 7) is 4.49. The molecule has 0 aromatic heterocycles. The average molecular weight is 270 g/mol. The number of carboxylic acid groups (broad SMARTS) is 1. The zero-order valence-corrected chi connectivity index (χ0v) is 11.5. The number of likely N-dealkylation sites (tertiary alicyclic amines) is 1. The van der Waals surface area contributed by atoms with Crippen LogP contribution in [0, 0.1) is 11.8 Å². The molecule has 0 saturated carbocycles. The Morgan fingerprint density at radius 1 is 1.11 bits per heavy atom. The van der Waals surface area contributed by atoms with Crippen LogP contribution in [0.4, 0.5) is 0 Å². The van der Waals surface area contributed by atoms with Crippen molar-refractivity contribution in [1.29, 1.82) is 0 Å². The number of piperidine rings is 1. The third-order valence-electron chi connectivity index (χ3n) is 3.68. The van der Waals surface area contributed by atoms with Crippen molar-refractivity contribution in [2.75, 3.05) is 19.6 Å². The number of aliphatic carboxylic acids is 1. The largest absolute Gasteiger partial charge is 0.481 e. The molecule has 1 aliphatic rings. The molecule has 0 aromatic carbocycles. The van der Waals surface area contributed by atoms with Crippen LogP contribution in [0.5, 0.6) is 0 Å². The Morgan fingerprint density at radius 3 is 2.21 bits per heavy atom. The molecule has 0 aromatic rings. The van der Waals surface area contributed by atoms with Crippen molar-refractivity contribution in [1.82, 2.24) is 10.2 Å². The lowest BCUT2D eigenvalue weighted by Crippen LogP contribution is -2.44. The second-order valence-corrected chi connectivity index (χ2v) is 5.07. The summed E-state index contributed by atoms with van der Waals surface area (Å²) in [5.41, 5.74) is 0. The summed E-state index contributed by atoms with van der Waals surface area (Å²) in [4.78, 5) is 36.1. The van der Waals surface area contributed by atoms with Gasteiger partial charge in [-0.1, -0.05) is 13.8 Å². The molecule has 0 aliphatic carbocycles. The minimum Gasteiger partial charge on any atom is -0.481 e. The van der Waals surface area contributed by atoms with Crippen LogP contribution in [0.15, 0.2) is 0 Å². The van der Waals surface area contributed by atoms with Gasteiger partial charge in [0.15, 0.2) is 0 Å². The normalized spacial score (nSPS) is 18.5. The lowest BCUT2D eigenvalue weighted by atomic mass is 9.95. The van der Waals surface area contributed by atoms with Gasteiger partial charge in [-0.3, -0.25) is 14.4 Å². The molecule has 2 atom stereocenters. The van der Waals surface area contributed by atoms with Crippen LogP contribution in [-0.4, -0.2) is 47.4 Å². The van der Waals surface area contributed by atoms with E-state index in [1.165, 1.54) is 6.92 Å². The Bertz CT molecular complexity index is 351. The number of hydrogen-bond donors (Lipinski definition) is 2. The SMILES string of the molecule is CC(C(=O)O)C(C)C(=O)NCC(=O)N1CCCCC1. The summed E-state index contributed by atoms with van der Waals surface area (Å²) in [5.74, 6) is -2.90. The molecular formula is C13H22N2O4. The molecular weight excluding hydrogens is 248 g/mol. The molecule has 1 rings (SSSR count). The van der Waals surface area contributed by atoms with Crippen LogP contribution in [0.25, 0.3) is 0 Å². The van der Waals surface area contributed by atoms with Crippen molar-refractivity contribution in [3.05, 3.63) is 0 Å². The highest BCUT2D eigenvalue weighted by atomic mass is 16.4. The maximum Gasteiger partial charge on any atom is 0.307 e. The van der Waals surface area contributed by atoms with Gasteiger partial charge in [0, 0.05) is 19.0 Å². The molecule has 0 spiro atoms. The molecule has 108 valence electrons. The van der Waals surface area contributed by atoms with Crippen molar-refractivity contribution in [3.8, 4) is 0 Å². The third-order valence-corrected chi connectivity index (χ3v) is 3.68. The van der Waals surface area contributed by atoms with Gasteiger partial charge in [0.2, 0.25) is 11.8 Å². The van der Waals surface area contributed by atoms with E-state index in [9.17, 15) is 14.4 Å². The van der Waals surface area contributed by atoms with E-state index in [2.05, 4.69) is 5.32 Å². The minimum absolute atomic E-state index is 0.0461. The van der Waals surface area contributed by atoms with Crippen LogP contribution in [0.3, 0.4) is 0 Å². The minimum atomic E-state index is -1.01. The molecule has 0 radical (unpaired) electrons. The highest BCUT2D eigenvalue weighted by molar-refractivity contribution is 5.88. The topological polar surface area (TPSA) is 86.7 Å². The van der Waals surface area contributed by atoms with Crippen LogP contribution < -0.4 is 5.32 Å². The lowest BCUT2D eigenvalue weighted by molar-refractivity contribution is -0.146. The fraction of sp³-hybridized carbons (Fsp3) is 0.769. The second kappa shape index (κ2) is 7.11. The van der Waals surface area contributed by atoms with Crippen LogP contribution in [0.1, 0.15) is 33.1 Å². The Morgan fingerprint density at radius 2 is 1.68 bits per heavy atom. The van der Waals surface area contributed by atoms with Gasteiger partial charge in [-0.15, -0.1) is 0 Å². The van der Waals surface area contributed by atoms with E-state index in [4.69, 9.17) is 5.11 Å². The van der Waals surface area contributed by atoms with Crippen molar-refractivity contribution in [3.63, 3.8) is 0 Å². The molecule has 1 aliphatic heterocycles. The van der Waals surface area contributed by atoms with E-state index in [1.54, 1.807) is 11.8 Å². The van der Waals surface area contributed by atoms with Crippen molar-refractivity contribution in [2.24, 2.45) is 11.8 Å². The smallest absolute Gasteiger partial charge is 0.307 e. The number of carbonyl (C=O) groups is 3. The molecule has 19 heavy (non-hydrogen) atoms. The predicted octanol–water partition coefficient (Wildman–Crippen LogP) is 0.472. The van der Waals surface area contributed by atoms with E-state index < -0.39 is 17.8 Å². The maximum atomic E-state index is 11.8. The second-order valence-electron chi connectivity index (χ2n) is 5.07. The molecule has 1 saturated heterocycles. The Hall–Kier alpha value is -1.59. The molecule has 0 bridgehead atoms. The summed E-state index contributed by atoms with van der Waals surface area (Å²) >= 11 is 0. The van der Waals surface area contributed by atoms with E-state index in [0.717, 1.165) is 32.4 Å². The molecule has 2 unspecified atom stereocenters. The van der Waals surface area contributed by atoms with E-state index in [1.807, 2.05) is 0 Å². The Kier molecular flexibility index (Phi) is 5.79. The van der Waals surface area contributed by atoms with Crippen molar-refractivity contribution >= 4 is 17.8 Å². The molecule has 2 N–H and O–H groups in total. The van der Waals surface area contributed by atoms with Crippen molar-refractivity contribution < 1.29 is 19.5 Å². The summed E-state index contributed by atoms with van der Waals surface area (Å²) in [7, 11) is 0.